The van der Waals surface area contributed by atoms with Gasteiger partial charge in [0.1, 0.15) is 11.6 Å². The van der Waals surface area contributed by atoms with Crippen molar-refractivity contribution < 1.29 is 23.4 Å². The lowest BCUT2D eigenvalue weighted by atomic mass is 10.0. The zero-order valence-electron chi connectivity index (χ0n) is 11.7. The number of halogens is 1. The first-order valence-electron chi connectivity index (χ1n) is 7.11. The third-order valence-corrected chi connectivity index (χ3v) is 3.75. The summed E-state index contributed by atoms with van der Waals surface area (Å²) in [7, 11) is 0. The predicted molar refractivity (Wildman–Crippen MR) is 72.3 cm³/mol. The Morgan fingerprint density at radius 1 is 1.38 bits per heavy atom. The van der Waals surface area contributed by atoms with Crippen molar-refractivity contribution in [2.45, 2.75) is 19.4 Å². The Labute approximate surface area is 122 Å². The molecule has 0 saturated carbocycles. The molecule has 1 atom stereocenters. The summed E-state index contributed by atoms with van der Waals surface area (Å²) in [6.07, 6.45) is 1.29. The largest absolute Gasteiger partial charge is 0.467 e. The maximum absolute atomic E-state index is 13.6. The van der Waals surface area contributed by atoms with Crippen LogP contribution in [0.5, 0.6) is 5.75 Å². The molecule has 0 radical (unpaired) electrons. The van der Waals surface area contributed by atoms with E-state index in [4.69, 9.17) is 14.2 Å². The van der Waals surface area contributed by atoms with Gasteiger partial charge in [-0.1, -0.05) is 0 Å². The normalized spacial score (nSPS) is 20.7. The SMILES string of the molecule is O=C(NCCc1cc(F)cc2c1OCOC2)C1CCOC1. The fraction of sp³-hybridized carbons (Fsp3) is 0.533. The van der Waals surface area contributed by atoms with E-state index in [0.717, 1.165) is 12.0 Å². The van der Waals surface area contributed by atoms with Crippen LogP contribution in [0.2, 0.25) is 0 Å². The highest BCUT2D eigenvalue weighted by atomic mass is 19.1. The minimum absolute atomic E-state index is 0.00187. The number of nitrogens with one attached hydrogen (secondary N) is 1. The lowest BCUT2D eigenvalue weighted by Gasteiger charge is -2.21. The zero-order chi connectivity index (χ0) is 14.7. The smallest absolute Gasteiger partial charge is 0.225 e. The maximum atomic E-state index is 13.6. The molecule has 114 valence electrons. The first kappa shape index (κ1) is 14.3. The molecule has 2 aliphatic rings. The average molecular weight is 295 g/mol. The lowest BCUT2D eigenvalue weighted by Crippen LogP contribution is -2.32. The number of carbonyl (C=O) groups excluding carboxylic acids is 1. The van der Waals surface area contributed by atoms with Gasteiger partial charge < -0.3 is 19.5 Å². The summed E-state index contributed by atoms with van der Waals surface area (Å²) in [4.78, 5) is 11.9. The molecular weight excluding hydrogens is 277 g/mol. The molecule has 1 saturated heterocycles. The Hall–Kier alpha value is -1.66. The van der Waals surface area contributed by atoms with Gasteiger partial charge >= 0.3 is 0 Å². The van der Waals surface area contributed by atoms with Crippen molar-refractivity contribution in [1.29, 1.82) is 0 Å². The van der Waals surface area contributed by atoms with E-state index in [1.54, 1.807) is 0 Å². The summed E-state index contributed by atoms with van der Waals surface area (Å²) in [6.45, 7) is 2.11. The summed E-state index contributed by atoms with van der Waals surface area (Å²) in [5.74, 6) is 0.313. The Bertz CT molecular complexity index is 529. The van der Waals surface area contributed by atoms with Crippen LogP contribution in [0.15, 0.2) is 12.1 Å². The highest BCUT2D eigenvalue weighted by molar-refractivity contribution is 5.79. The maximum Gasteiger partial charge on any atom is 0.225 e. The van der Waals surface area contributed by atoms with Gasteiger partial charge in [0.25, 0.3) is 0 Å². The second kappa shape index (κ2) is 6.41. The van der Waals surface area contributed by atoms with Crippen LogP contribution in [0, 0.1) is 11.7 Å². The third kappa shape index (κ3) is 3.33. The molecule has 1 fully saturated rings. The number of fused-ring (bicyclic) bond motifs is 1. The van der Waals surface area contributed by atoms with Crippen molar-refractivity contribution >= 4 is 5.91 Å². The first-order chi connectivity index (χ1) is 10.2. The molecule has 21 heavy (non-hydrogen) atoms. The minimum Gasteiger partial charge on any atom is -0.467 e. The molecule has 1 aromatic rings. The number of amides is 1. The fourth-order valence-corrected chi connectivity index (χ4v) is 2.65. The van der Waals surface area contributed by atoms with E-state index in [1.165, 1.54) is 12.1 Å². The van der Waals surface area contributed by atoms with Crippen molar-refractivity contribution in [3.63, 3.8) is 0 Å². The van der Waals surface area contributed by atoms with Crippen LogP contribution in [0.25, 0.3) is 0 Å². The van der Waals surface area contributed by atoms with Gasteiger partial charge in [-0.2, -0.15) is 0 Å². The number of ether oxygens (including phenoxy) is 3. The van der Waals surface area contributed by atoms with Gasteiger partial charge in [-0.25, -0.2) is 4.39 Å². The zero-order valence-corrected chi connectivity index (χ0v) is 11.7. The standard InChI is InChI=1S/C15H18FNO4/c16-13-5-10(14-12(6-13)8-20-9-21-14)1-3-17-15(18)11-2-4-19-7-11/h5-6,11H,1-4,7-9H2,(H,17,18). The molecule has 1 aromatic carbocycles. The Balaban J connectivity index is 1.60. The molecule has 6 heteroatoms. The number of hydrogen-bond donors (Lipinski definition) is 1. The van der Waals surface area contributed by atoms with E-state index in [1.807, 2.05) is 0 Å². The topological polar surface area (TPSA) is 56.8 Å². The van der Waals surface area contributed by atoms with Crippen molar-refractivity contribution in [2.75, 3.05) is 26.6 Å². The van der Waals surface area contributed by atoms with E-state index in [0.29, 0.717) is 44.1 Å². The Morgan fingerprint density at radius 2 is 2.29 bits per heavy atom. The number of benzene rings is 1. The van der Waals surface area contributed by atoms with Gasteiger partial charge in [0, 0.05) is 18.7 Å². The van der Waals surface area contributed by atoms with Gasteiger partial charge in [0.2, 0.25) is 5.91 Å². The summed E-state index contributed by atoms with van der Waals surface area (Å²) < 4.78 is 29.3. The Kier molecular flexibility index (Phi) is 4.36. The molecule has 1 unspecified atom stereocenters. The summed E-state index contributed by atoms with van der Waals surface area (Å²) in [6, 6.07) is 2.88. The average Bonchev–Trinajstić information content (AvgIpc) is 3.01. The highest BCUT2D eigenvalue weighted by Gasteiger charge is 2.23. The van der Waals surface area contributed by atoms with Crippen LogP contribution in [-0.2, 0) is 27.3 Å². The molecule has 1 amide bonds. The van der Waals surface area contributed by atoms with Crippen molar-refractivity contribution in [2.24, 2.45) is 5.92 Å². The van der Waals surface area contributed by atoms with Crippen LogP contribution < -0.4 is 10.1 Å². The first-order valence-corrected chi connectivity index (χ1v) is 7.11. The fourth-order valence-electron chi connectivity index (χ4n) is 2.65. The second-order valence-corrected chi connectivity index (χ2v) is 5.27. The summed E-state index contributed by atoms with van der Waals surface area (Å²) >= 11 is 0. The van der Waals surface area contributed by atoms with E-state index >= 15 is 0 Å². The van der Waals surface area contributed by atoms with Crippen molar-refractivity contribution in [3.05, 3.63) is 29.1 Å². The molecule has 0 aromatic heterocycles. The molecule has 0 bridgehead atoms. The van der Waals surface area contributed by atoms with Crippen LogP contribution >= 0.6 is 0 Å². The highest BCUT2D eigenvalue weighted by Crippen LogP contribution is 2.29. The minimum atomic E-state index is -0.312. The lowest BCUT2D eigenvalue weighted by molar-refractivity contribution is -0.124. The molecule has 1 N–H and O–H groups in total. The van der Waals surface area contributed by atoms with E-state index in [-0.39, 0.29) is 24.4 Å². The van der Waals surface area contributed by atoms with Gasteiger partial charge in [0.15, 0.2) is 6.79 Å². The van der Waals surface area contributed by atoms with Crippen LogP contribution in [0.3, 0.4) is 0 Å². The third-order valence-electron chi connectivity index (χ3n) is 3.75. The molecule has 3 rings (SSSR count). The van der Waals surface area contributed by atoms with Crippen LogP contribution in [-0.4, -0.2) is 32.5 Å². The summed E-state index contributed by atoms with van der Waals surface area (Å²) in [5.41, 5.74) is 1.48. The summed E-state index contributed by atoms with van der Waals surface area (Å²) in [5, 5.41) is 2.87. The van der Waals surface area contributed by atoms with Gasteiger partial charge in [-0.3, -0.25) is 4.79 Å². The molecule has 5 nitrogen and oxygen atoms in total. The van der Waals surface area contributed by atoms with Gasteiger partial charge in [-0.05, 0) is 30.5 Å². The van der Waals surface area contributed by atoms with E-state index in [9.17, 15) is 9.18 Å². The predicted octanol–water partition coefficient (Wildman–Crippen LogP) is 1.39. The van der Waals surface area contributed by atoms with Gasteiger partial charge in [0.05, 0.1) is 19.1 Å². The number of rotatable bonds is 4. The molecule has 2 heterocycles. The van der Waals surface area contributed by atoms with Crippen LogP contribution in [0.1, 0.15) is 17.5 Å². The van der Waals surface area contributed by atoms with Gasteiger partial charge in [-0.15, -0.1) is 0 Å². The molecule has 2 aliphatic heterocycles. The second-order valence-electron chi connectivity index (χ2n) is 5.27. The Morgan fingerprint density at radius 3 is 3.10 bits per heavy atom. The molecular formula is C15H18FNO4. The van der Waals surface area contributed by atoms with Crippen molar-refractivity contribution in [3.8, 4) is 5.75 Å². The van der Waals surface area contributed by atoms with Crippen LogP contribution in [0.4, 0.5) is 4.39 Å². The molecule has 0 spiro atoms. The monoisotopic (exact) mass is 295 g/mol. The number of hydrogen-bond acceptors (Lipinski definition) is 4. The molecule has 0 aliphatic carbocycles. The quantitative estimate of drug-likeness (QED) is 0.912. The van der Waals surface area contributed by atoms with E-state index < -0.39 is 0 Å². The van der Waals surface area contributed by atoms with E-state index in [2.05, 4.69) is 5.32 Å². The van der Waals surface area contributed by atoms with Crippen molar-refractivity contribution in [1.82, 2.24) is 5.32 Å². The number of carbonyl (C=O) groups is 1.